The van der Waals surface area contributed by atoms with E-state index in [2.05, 4.69) is 20.5 Å². The van der Waals surface area contributed by atoms with Crippen LogP contribution in [-0.4, -0.2) is 27.6 Å². The molecule has 2 heterocycles. The Balaban J connectivity index is 1.81. The second-order valence-corrected chi connectivity index (χ2v) is 4.78. The Hall–Kier alpha value is -1.53. The molecule has 2 aromatic heterocycles. The standard InChI is InChI=1S/C10H9ClN4OS/c11-10-15-14-9(17-10)8(16)13-6-3-7-1-4-12-5-2-7/h1-2,4-5H,3,6H2,(H,13,16). The number of hydrogen-bond donors (Lipinski definition) is 1. The zero-order valence-corrected chi connectivity index (χ0v) is 10.3. The lowest BCUT2D eigenvalue weighted by Crippen LogP contribution is -2.25. The molecule has 0 unspecified atom stereocenters. The molecule has 2 aromatic rings. The fraction of sp³-hybridized carbons (Fsp3) is 0.200. The van der Waals surface area contributed by atoms with Crippen molar-refractivity contribution >= 4 is 28.8 Å². The van der Waals surface area contributed by atoms with Crippen molar-refractivity contribution in [3.05, 3.63) is 39.6 Å². The van der Waals surface area contributed by atoms with Gasteiger partial charge in [-0.3, -0.25) is 9.78 Å². The third-order valence-corrected chi connectivity index (χ3v) is 3.06. The lowest BCUT2D eigenvalue weighted by atomic mass is 10.2. The Kier molecular flexibility index (Phi) is 4.00. The molecule has 0 spiro atoms. The molecule has 0 aromatic carbocycles. The van der Waals surface area contributed by atoms with Gasteiger partial charge in [-0.25, -0.2) is 0 Å². The number of carbonyl (C=O) groups is 1. The minimum atomic E-state index is -0.247. The Morgan fingerprint density at radius 1 is 1.35 bits per heavy atom. The molecule has 0 atom stereocenters. The molecule has 0 aliphatic rings. The fourth-order valence-electron chi connectivity index (χ4n) is 1.24. The van der Waals surface area contributed by atoms with Crippen molar-refractivity contribution in [2.45, 2.75) is 6.42 Å². The number of rotatable bonds is 4. The summed E-state index contributed by atoms with van der Waals surface area (Å²) in [6, 6.07) is 3.82. The number of nitrogens with zero attached hydrogens (tertiary/aromatic N) is 3. The van der Waals surface area contributed by atoms with Crippen molar-refractivity contribution in [2.24, 2.45) is 0 Å². The Morgan fingerprint density at radius 3 is 2.76 bits per heavy atom. The first-order chi connectivity index (χ1) is 8.25. The van der Waals surface area contributed by atoms with E-state index >= 15 is 0 Å². The van der Waals surface area contributed by atoms with Gasteiger partial charge in [0.15, 0.2) is 0 Å². The largest absolute Gasteiger partial charge is 0.350 e. The number of nitrogens with one attached hydrogen (secondary N) is 1. The summed E-state index contributed by atoms with van der Waals surface area (Å²) < 4.78 is 0.268. The molecule has 0 fully saturated rings. The van der Waals surface area contributed by atoms with Crippen LogP contribution in [0.1, 0.15) is 15.4 Å². The first-order valence-corrected chi connectivity index (χ1v) is 6.11. The van der Waals surface area contributed by atoms with Gasteiger partial charge in [0.1, 0.15) is 0 Å². The summed E-state index contributed by atoms with van der Waals surface area (Å²) in [4.78, 5) is 15.5. The first-order valence-electron chi connectivity index (χ1n) is 4.92. The third-order valence-electron chi connectivity index (χ3n) is 2.04. The van der Waals surface area contributed by atoms with E-state index in [0.29, 0.717) is 6.54 Å². The van der Waals surface area contributed by atoms with Crippen molar-refractivity contribution in [1.82, 2.24) is 20.5 Å². The van der Waals surface area contributed by atoms with Crippen molar-refractivity contribution in [3.63, 3.8) is 0 Å². The first kappa shape index (κ1) is 11.9. The van der Waals surface area contributed by atoms with Gasteiger partial charge in [0.05, 0.1) is 0 Å². The van der Waals surface area contributed by atoms with E-state index in [1.54, 1.807) is 12.4 Å². The summed E-state index contributed by atoms with van der Waals surface area (Å²) in [6.07, 6.45) is 4.20. The lowest BCUT2D eigenvalue weighted by molar-refractivity contribution is 0.0953. The number of amides is 1. The number of hydrogen-bond acceptors (Lipinski definition) is 5. The molecule has 0 saturated heterocycles. The fourth-order valence-corrected chi connectivity index (χ4v) is 1.99. The highest BCUT2D eigenvalue weighted by atomic mass is 35.5. The van der Waals surface area contributed by atoms with E-state index in [9.17, 15) is 4.79 Å². The molecule has 1 amide bonds. The predicted molar refractivity (Wildman–Crippen MR) is 65.2 cm³/mol. The second kappa shape index (κ2) is 5.70. The maximum atomic E-state index is 11.6. The summed E-state index contributed by atoms with van der Waals surface area (Å²) in [6.45, 7) is 0.542. The van der Waals surface area contributed by atoms with E-state index in [4.69, 9.17) is 11.6 Å². The number of halogens is 1. The number of pyridine rings is 1. The van der Waals surface area contributed by atoms with E-state index in [1.165, 1.54) is 0 Å². The number of aromatic nitrogens is 3. The molecular formula is C10H9ClN4OS. The smallest absolute Gasteiger partial charge is 0.282 e. The molecule has 0 aliphatic carbocycles. The molecule has 0 saturated carbocycles. The van der Waals surface area contributed by atoms with Crippen LogP contribution in [0.5, 0.6) is 0 Å². The van der Waals surface area contributed by atoms with Gasteiger partial charge in [-0.15, -0.1) is 10.2 Å². The summed E-state index contributed by atoms with van der Waals surface area (Å²) in [5.41, 5.74) is 1.12. The number of carbonyl (C=O) groups excluding carboxylic acids is 1. The highest BCUT2D eigenvalue weighted by Crippen LogP contribution is 2.14. The van der Waals surface area contributed by atoms with Gasteiger partial charge in [0, 0.05) is 18.9 Å². The van der Waals surface area contributed by atoms with Crippen LogP contribution in [0, 0.1) is 0 Å². The molecule has 0 aliphatic heterocycles. The van der Waals surface area contributed by atoms with E-state index < -0.39 is 0 Å². The Morgan fingerprint density at radius 2 is 2.12 bits per heavy atom. The van der Waals surface area contributed by atoms with Gasteiger partial charge in [-0.1, -0.05) is 11.3 Å². The van der Waals surface area contributed by atoms with Gasteiger partial charge in [-0.2, -0.15) is 0 Å². The zero-order valence-electron chi connectivity index (χ0n) is 8.76. The van der Waals surface area contributed by atoms with Gasteiger partial charge in [-0.05, 0) is 35.7 Å². The van der Waals surface area contributed by atoms with Crippen LogP contribution in [0.15, 0.2) is 24.5 Å². The van der Waals surface area contributed by atoms with Crippen LogP contribution < -0.4 is 5.32 Å². The van der Waals surface area contributed by atoms with Gasteiger partial charge in [0.25, 0.3) is 5.91 Å². The Labute approximate surface area is 107 Å². The van der Waals surface area contributed by atoms with E-state index in [0.717, 1.165) is 23.3 Å². The summed E-state index contributed by atoms with van der Waals surface area (Å²) in [5.74, 6) is -0.247. The summed E-state index contributed by atoms with van der Waals surface area (Å²) in [7, 11) is 0. The van der Waals surface area contributed by atoms with Crippen LogP contribution in [0.25, 0.3) is 0 Å². The molecule has 17 heavy (non-hydrogen) atoms. The maximum Gasteiger partial charge on any atom is 0.282 e. The molecule has 5 nitrogen and oxygen atoms in total. The predicted octanol–water partition coefficient (Wildman–Crippen LogP) is 1.56. The summed E-state index contributed by atoms with van der Waals surface area (Å²) in [5, 5.41) is 10.3. The third kappa shape index (κ3) is 3.47. The normalized spacial score (nSPS) is 10.2. The average Bonchev–Trinajstić information content (AvgIpc) is 2.77. The minimum Gasteiger partial charge on any atom is -0.350 e. The topological polar surface area (TPSA) is 67.8 Å². The Bertz CT molecular complexity index is 502. The molecule has 88 valence electrons. The van der Waals surface area contributed by atoms with Crippen LogP contribution in [0.3, 0.4) is 0 Å². The molecule has 0 bridgehead atoms. The van der Waals surface area contributed by atoms with E-state index in [-0.39, 0.29) is 15.4 Å². The molecule has 7 heteroatoms. The van der Waals surface area contributed by atoms with Crippen molar-refractivity contribution in [2.75, 3.05) is 6.54 Å². The van der Waals surface area contributed by atoms with E-state index in [1.807, 2.05) is 12.1 Å². The molecule has 2 rings (SSSR count). The summed E-state index contributed by atoms with van der Waals surface area (Å²) >= 11 is 6.66. The highest BCUT2D eigenvalue weighted by molar-refractivity contribution is 7.17. The van der Waals surface area contributed by atoms with Crippen LogP contribution in [0.2, 0.25) is 4.47 Å². The minimum absolute atomic E-state index is 0.247. The van der Waals surface area contributed by atoms with Gasteiger partial charge >= 0.3 is 0 Å². The monoisotopic (exact) mass is 268 g/mol. The highest BCUT2D eigenvalue weighted by Gasteiger charge is 2.10. The van der Waals surface area contributed by atoms with Crippen LogP contribution in [0.4, 0.5) is 0 Å². The SMILES string of the molecule is O=C(NCCc1ccncc1)c1nnc(Cl)s1. The van der Waals surface area contributed by atoms with Gasteiger partial charge < -0.3 is 5.32 Å². The quantitative estimate of drug-likeness (QED) is 0.914. The molecule has 1 N–H and O–H groups in total. The van der Waals surface area contributed by atoms with Crippen LogP contribution >= 0.6 is 22.9 Å². The van der Waals surface area contributed by atoms with Crippen molar-refractivity contribution < 1.29 is 4.79 Å². The van der Waals surface area contributed by atoms with Crippen LogP contribution in [-0.2, 0) is 6.42 Å². The second-order valence-electron chi connectivity index (χ2n) is 3.22. The lowest BCUT2D eigenvalue weighted by Gasteiger charge is -2.02. The molecule has 0 radical (unpaired) electrons. The van der Waals surface area contributed by atoms with Crippen molar-refractivity contribution in [1.29, 1.82) is 0 Å². The van der Waals surface area contributed by atoms with Gasteiger partial charge in [0.2, 0.25) is 9.47 Å². The molecular weight excluding hydrogens is 260 g/mol. The maximum absolute atomic E-state index is 11.6. The van der Waals surface area contributed by atoms with Crippen molar-refractivity contribution in [3.8, 4) is 0 Å². The average molecular weight is 269 g/mol. The zero-order chi connectivity index (χ0) is 12.1.